The molecule has 0 unspecified atom stereocenters. The van der Waals surface area contributed by atoms with Crippen molar-refractivity contribution in [3.05, 3.63) is 84.4 Å². The lowest BCUT2D eigenvalue weighted by Crippen LogP contribution is -2.49. The summed E-state index contributed by atoms with van der Waals surface area (Å²) in [6, 6.07) is 18.7. The number of ether oxygens (including phenoxy) is 2. The molecule has 0 saturated heterocycles. The maximum absolute atomic E-state index is 12.8. The average molecular weight is 677 g/mol. The SMILES string of the molecule is CC(C)(C)OC(=O)NC[C@H](NS(=O)(=O)c1ccc(-c2ccc(S(=O)(=O)NCCNC(=O)OCc3ccccc3)cc2)cc1)C(=O)O. The molecule has 0 saturated carbocycles. The summed E-state index contributed by atoms with van der Waals surface area (Å²) in [6.07, 6.45) is -1.58. The summed E-state index contributed by atoms with van der Waals surface area (Å²) in [5.74, 6) is -1.50. The smallest absolute Gasteiger partial charge is 0.407 e. The lowest BCUT2D eigenvalue weighted by atomic mass is 10.1. The van der Waals surface area contributed by atoms with E-state index in [1.165, 1.54) is 48.5 Å². The van der Waals surface area contributed by atoms with Crippen LogP contribution in [0, 0.1) is 0 Å². The largest absolute Gasteiger partial charge is 0.480 e. The first kappa shape index (κ1) is 36.0. The molecule has 0 aliphatic carbocycles. The quantitative estimate of drug-likeness (QED) is 0.158. The zero-order chi connectivity index (χ0) is 34.0. The average Bonchev–Trinajstić information content (AvgIpc) is 3.00. The van der Waals surface area contributed by atoms with Gasteiger partial charge in [-0.3, -0.25) is 4.79 Å². The summed E-state index contributed by atoms with van der Waals surface area (Å²) in [5, 5.41) is 14.2. The van der Waals surface area contributed by atoms with Gasteiger partial charge in [-0.2, -0.15) is 4.72 Å². The first-order valence-corrected chi connectivity index (χ1v) is 16.9. The van der Waals surface area contributed by atoms with Crippen LogP contribution in [0.3, 0.4) is 0 Å². The fourth-order valence-electron chi connectivity index (χ4n) is 3.79. The molecule has 14 nitrogen and oxygen atoms in total. The normalized spacial score (nSPS) is 12.5. The van der Waals surface area contributed by atoms with Crippen LogP contribution in [-0.2, 0) is 40.9 Å². The predicted octanol–water partition coefficient (Wildman–Crippen LogP) is 2.81. The number of carbonyl (C=O) groups is 3. The molecule has 0 aromatic heterocycles. The Kier molecular flexibility index (Phi) is 12.2. The van der Waals surface area contributed by atoms with E-state index < -0.39 is 56.4 Å². The number of alkyl carbamates (subject to hydrolysis) is 2. The van der Waals surface area contributed by atoms with Crippen molar-refractivity contribution < 1.29 is 45.8 Å². The molecule has 3 aromatic carbocycles. The predicted molar refractivity (Wildman–Crippen MR) is 168 cm³/mol. The molecular weight excluding hydrogens is 640 g/mol. The minimum absolute atomic E-state index is 0.00250. The van der Waals surface area contributed by atoms with Gasteiger partial charge in [-0.15, -0.1) is 0 Å². The molecule has 0 spiro atoms. The van der Waals surface area contributed by atoms with Crippen LogP contribution in [0.5, 0.6) is 0 Å². The van der Waals surface area contributed by atoms with E-state index in [1.54, 1.807) is 32.9 Å². The van der Waals surface area contributed by atoms with Crippen molar-refractivity contribution in [2.24, 2.45) is 0 Å². The van der Waals surface area contributed by atoms with Crippen LogP contribution >= 0.6 is 0 Å². The Labute approximate surface area is 267 Å². The minimum atomic E-state index is -4.29. The van der Waals surface area contributed by atoms with Gasteiger partial charge >= 0.3 is 18.2 Å². The molecule has 248 valence electrons. The molecule has 46 heavy (non-hydrogen) atoms. The molecule has 0 radical (unpaired) electrons. The van der Waals surface area contributed by atoms with Gasteiger partial charge in [0.15, 0.2) is 0 Å². The Bertz CT molecular complexity index is 1710. The molecule has 3 rings (SSSR count). The van der Waals surface area contributed by atoms with Gasteiger partial charge in [-0.05, 0) is 61.7 Å². The highest BCUT2D eigenvalue weighted by Crippen LogP contribution is 2.23. The summed E-state index contributed by atoms with van der Waals surface area (Å²) in [6.45, 7) is 4.33. The summed E-state index contributed by atoms with van der Waals surface area (Å²) >= 11 is 0. The standard InChI is InChI=1S/C30H36N4O10S2/c1-30(2,3)44-29(38)32-19-26(27(35)36)34-46(41,42)25-15-11-23(12-16-25)22-9-13-24(14-10-22)45(39,40)33-18-17-31-28(37)43-20-21-7-5-4-6-8-21/h4-16,26,33-34H,17-20H2,1-3H3,(H,31,37)(H,32,38)(H,35,36)/t26-/m0/s1. The topological polar surface area (TPSA) is 206 Å². The van der Waals surface area contributed by atoms with E-state index in [2.05, 4.69) is 15.4 Å². The van der Waals surface area contributed by atoms with E-state index >= 15 is 0 Å². The second-order valence-corrected chi connectivity index (χ2v) is 14.3. The maximum Gasteiger partial charge on any atom is 0.407 e. The Morgan fingerprint density at radius 1 is 0.739 bits per heavy atom. The third kappa shape index (κ3) is 11.4. The maximum atomic E-state index is 12.8. The summed E-state index contributed by atoms with van der Waals surface area (Å²) in [4.78, 5) is 35.1. The number of hydrogen-bond donors (Lipinski definition) is 5. The third-order valence-electron chi connectivity index (χ3n) is 6.01. The molecule has 0 heterocycles. The molecule has 2 amide bonds. The van der Waals surface area contributed by atoms with Crippen LogP contribution in [0.2, 0.25) is 0 Å². The van der Waals surface area contributed by atoms with Gasteiger partial charge in [0.25, 0.3) is 0 Å². The van der Waals surface area contributed by atoms with Crippen molar-refractivity contribution >= 4 is 38.2 Å². The van der Waals surface area contributed by atoms with Gasteiger partial charge in [-0.25, -0.2) is 31.1 Å². The molecular formula is C30H36N4O10S2. The lowest BCUT2D eigenvalue weighted by Gasteiger charge is -2.21. The number of aliphatic carboxylic acids is 1. The van der Waals surface area contributed by atoms with Gasteiger partial charge in [0.2, 0.25) is 20.0 Å². The van der Waals surface area contributed by atoms with Crippen LogP contribution < -0.4 is 20.1 Å². The molecule has 1 atom stereocenters. The van der Waals surface area contributed by atoms with Crippen LogP contribution in [0.4, 0.5) is 9.59 Å². The van der Waals surface area contributed by atoms with E-state index in [0.29, 0.717) is 11.1 Å². The summed E-state index contributed by atoms with van der Waals surface area (Å²) in [5.41, 5.74) is 1.14. The number of rotatable bonds is 14. The number of benzene rings is 3. The van der Waals surface area contributed by atoms with E-state index in [1.807, 2.05) is 22.9 Å². The van der Waals surface area contributed by atoms with Gasteiger partial charge in [-0.1, -0.05) is 54.6 Å². The van der Waals surface area contributed by atoms with Crippen molar-refractivity contribution in [3.63, 3.8) is 0 Å². The minimum Gasteiger partial charge on any atom is -0.480 e. The van der Waals surface area contributed by atoms with Gasteiger partial charge in [0, 0.05) is 19.6 Å². The highest BCUT2D eigenvalue weighted by atomic mass is 32.2. The highest BCUT2D eigenvalue weighted by Gasteiger charge is 2.27. The van der Waals surface area contributed by atoms with Gasteiger partial charge < -0.3 is 25.2 Å². The number of nitrogens with one attached hydrogen (secondary N) is 4. The number of carboxylic acid groups (broad SMARTS) is 1. The van der Waals surface area contributed by atoms with E-state index in [9.17, 15) is 36.3 Å². The molecule has 0 aliphatic heterocycles. The van der Waals surface area contributed by atoms with Crippen LogP contribution in [0.15, 0.2) is 88.7 Å². The molecule has 0 fully saturated rings. The Balaban J connectivity index is 1.53. The summed E-state index contributed by atoms with van der Waals surface area (Å²) in [7, 11) is -8.18. The summed E-state index contributed by atoms with van der Waals surface area (Å²) < 4.78 is 65.6. The number of sulfonamides is 2. The Morgan fingerprint density at radius 2 is 1.28 bits per heavy atom. The van der Waals surface area contributed by atoms with Crippen molar-refractivity contribution in [2.45, 2.75) is 48.8 Å². The lowest BCUT2D eigenvalue weighted by molar-refractivity contribution is -0.138. The monoisotopic (exact) mass is 676 g/mol. The first-order chi connectivity index (χ1) is 21.6. The van der Waals surface area contributed by atoms with E-state index in [-0.39, 0.29) is 29.5 Å². The zero-order valence-electron chi connectivity index (χ0n) is 25.3. The third-order valence-corrected chi connectivity index (χ3v) is 8.97. The van der Waals surface area contributed by atoms with E-state index in [0.717, 1.165) is 5.56 Å². The Hall–Kier alpha value is -4.51. The fourth-order valence-corrected chi connectivity index (χ4v) is 6.02. The zero-order valence-corrected chi connectivity index (χ0v) is 27.0. The molecule has 5 N–H and O–H groups in total. The van der Waals surface area contributed by atoms with Crippen molar-refractivity contribution in [2.75, 3.05) is 19.6 Å². The number of amides is 2. The molecule has 0 bridgehead atoms. The van der Waals surface area contributed by atoms with Crippen LogP contribution in [0.25, 0.3) is 11.1 Å². The second-order valence-electron chi connectivity index (χ2n) is 10.8. The van der Waals surface area contributed by atoms with Crippen LogP contribution in [0.1, 0.15) is 26.3 Å². The van der Waals surface area contributed by atoms with Crippen molar-refractivity contribution in [1.82, 2.24) is 20.1 Å². The Morgan fingerprint density at radius 3 is 1.80 bits per heavy atom. The second kappa shape index (κ2) is 15.7. The molecule has 16 heteroatoms. The van der Waals surface area contributed by atoms with E-state index in [4.69, 9.17) is 9.47 Å². The number of carbonyl (C=O) groups excluding carboxylic acids is 2. The van der Waals surface area contributed by atoms with Gasteiger partial charge in [0.1, 0.15) is 18.2 Å². The number of hydrogen-bond acceptors (Lipinski definition) is 9. The van der Waals surface area contributed by atoms with Crippen molar-refractivity contribution in [1.29, 1.82) is 0 Å². The van der Waals surface area contributed by atoms with Crippen LogP contribution in [-0.4, -0.2) is 71.4 Å². The fraction of sp³-hybridized carbons (Fsp3) is 0.300. The number of carboxylic acids is 1. The highest BCUT2D eigenvalue weighted by molar-refractivity contribution is 7.89. The van der Waals surface area contributed by atoms with Crippen molar-refractivity contribution in [3.8, 4) is 11.1 Å². The first-order valence-electron chi connectivity index (χ1n) is 13.9. The molecule has 3 aromatic rings. The van der Waals surface area contributed by atoms with Gasteiger partial charge in [0.05, 0.1) is 9.79 Å². The molecule has 0 aliphatic rings.